The van der Waals surface area contributed by atoms with Gasteiger partial charge in [-0.1, -0.05) is 56.3 Å². The standard InChI is InChI=1S/C23H28FNO3/c1-16(2)22(23(27)28-15-17-7-4-3-5-8-17)25-12-19(14-26)21(13-25)18-9-6-10-20(24)11-18/h3-11,16,19,21-22,26H,12-15H2,1-2H3/t19?,21-,22?/m1/s1. The minimum absolute atomic E-state index is 0.00155. The number of hydrogen-bond donors (Lipinski definition) is 1. The van der Waals surface area contributed by atoms with E-state index in [-0.39, 0.29) is 42.8 Å². The average Bonchev–Trinajstić information content (AvgIpc) is 3.11. The maximum absolute atomic E-state index is 13.7. The lowest BCUT2D eigenvalue weighted by molar-refractivity contribution is -0.153. The number of halogens is 1. The highest BCUT2D eigenvalue weighted by atomic mass is 19.1. The van der Waals surface area contributed by atoms with Gasteiger partial charge in [0.2, 0.25) is 0 Å². The topological polar surface area (TPSA) is 49.8 Å². The molecule has 0 aliphatic carbocycles. The van der Waals surface area contributed by atoms with Crippen molar-refractivity contribution in [1.29, 1.82) is 0 Å². The van der Waals surface area contributed by atoms with E-state index < -0.39 is 6.04 Å². The van der Waals surface area contributed by atoms with Crippen LogP contribution in [0.25, 0.3) is 0 Å². The Labute approximate surface area is 165 Å². The smallest absolute Gasteiger partial charge is 0.323 e. The minimum atomic E-state index is -0.392. The van der Waals surface area contributed by atoms with Crippen LogP contribution in [0.2, 0.25) is 0 Å². The largest absolute Gasteiger partial charge is 0.460 e. The number of aliphatic hydroxyl groups excluding tert-OH is 1. The van der Waals surface area contributed by atoms with Gasteiger partial charge in [0, 0.05) is 31.5 Å². The molecule has 0 spiro atoms. The summed E-state index contributed by atoms with van der Waals surface area (Å²) in [7, 11) is 0. The van der Waals surface area contributed by atoms with Crippen molar-refractivity contribution in [2.45, 2.75) is 32.4 Å². The van der Waals surface area contributed by atoms with Crippen LogP contribution in [-0.4, -0.2) is 41.7 Å². The number of ether oxygens (including phenoxy) is 1. The minimum Gasteiger partial charge on any atom is -0.460 e. The number of hydrogen-bond acceptors (Lipinski definition) is 4. The van der Waals surface area contributed by atoms with Gasteiger partial charge < -0.3 is 9.84 Å². The molecule has 5 heteroatoms. The van der Waals surface area contributed by atoms with Crippen molar-refractivity contribution in [2.24, 2.45) is 11.8 Å². The number of carbonyl (C=O) groups is 1. The van der Waals surface area contributed by atoms with Crippen LogP contribution in [0.4, 0.5) is 4.39 Å². The molecule has 150 valence electrons. The molecular weight excluding hydrogens is 357 g/mol. The van der Waals surface area contributed by atoms with Crippen LogP contribution in [-0.2, 0) is 16.1 Å². The van der Waals surface area contributed by atoms with Crippen molar-refractivity contribution in [1.82, 2.24) is 4.90 Å². The van der Waals surface area contributed by atoms with E-state index in [9.17, 15) is 14.3 Å². The molecule has 1 heterocycles. The summed E-state index contributed by atoms with van der Waals surface area (Å²) in [6.45, 7) is 5.42. The zero-order valence-electron chi connectivity index (χ0n) is 16.4. The van der Waals surface area contributed by atoms with Gasteiger partial charge in [-0.3, -0.25) is 9.69 Å². The third kappa shape index (κ3) is 4.78. The summed E-state index contributed by atoms with van der Waals surface area (Å²) in [6.07, 6.45) is 0. The third-order valence-corrected chi connectivity index (χ3v) is 5.47. The van der Waals surface area contributed by atoms with E-state index in [1.165, 1.54) is 12.1 Å². The van der Waals surface area contributed by atoms with E-state index in [0.29, 0.717) is 13.1 Å². The fraction of sp³-hybridized carbons (Fsp3) is 0.435. The monoisotopic (exact) mass is 385 g/mol. The van der Waals surface area contributed by atoms with Gasteiger partial charge in [-0.2, -0.15) is 0 Å². The lowest BCUT2D eigenvalue weighted by Crippen LogP contribution is -2.44. The second-order valence-corrected chi connectivity index (χ2v) is 7.84. The van der Waals surface area contributed by atoms with E-state index in [2.05, 4.69) is 4.90 Å². The molecule has 0 amide bonds. The van der Waals surface area contributed by atoms with Crippen molar-refractivity contribution in [2.75, 3.05) is 19.7 Å². The Balaban J connectivity index is 1.72. The first-order chi connectivity index (χ1) is 13.5. The van der Waals surface area contributed by atoms with Crippen molar-refractivity contribution < 1.29 is 19.0 Å². The van der Waals surface area contributed by atoms with Crippen LogP contribution in [0.1, 0.15) is 30.9 Å². The van der Waals surface area contributed by atoms with Crippen LogP contribution in [0.3, 0.4) is 0 Å². The lowest BCUT2D eigenvalue weighted by Gasteiger charge is -2.29. The highest BCUT2D eigenvalue weighted by molar-refractivity contribution is 5.76. The molecule has 1 aliphatic heterocycles. The quantitative estimate of drug-likeness (QED) is 0.740. The van der Waals surface area contributed by atoms with Crippen LogP contribution in [0, 0.1) is 17.7 Å². The predicted octanol–water partition coefficient (Wildman–Crippen LogP) is 3.60. The van der Waals surface area contributed by atoms with E-state index in [1.54, 1.807) is 6.07 Å². The van der Waals surface area contributed by atoms with Gasteiger partial charge in [0.05, 0.1) is 0 Å². The summed E-state index contributed by atoms with van der Waals surface area (Å²) in [5.41, 5.74) is 1.81. The number of esters is 1. The predicted molar refractivity (Wildman–Crippen MR) is 106 cm³/mol. The molecule has 4 nitrogen and oxygen atoms in total. The summed E-state index contributed by atoms with van der Waals surface area (Å²) in [5.74, 6) is -0.520. The summed E-state index contributed by atoms with van der Waals surface area (Å²) in [5, 5.41) is 9.86. The molecule has 28 heavy (non-hydrogen) atoms. The Hall–Kier alpha value is -2.24. The molecule has 1 aliphatic rings. The zero-order chi connectivity index (χ0) is 20.1. The molecule has 0 saturated carbocycles. The molecule has 0 radical (unpaired) electrons. The van der Waals surface area contributed by atoms with Gasteiger partial charge in [0.15, 0.2) is 0 Å². The first-order valence-electron chi connectivity index (χ1n) is 9.80. The summed E-state index contributed by atoms with van der Waals surface area (Å²) in [4.78, 5) is 14.9. The van der Waals surface area contributed by atoms with Gasteiger partial charge in [-0.25, -0.2) is 4.39 Å². The van der Waals surface area contributed by atoms with Crippen LogP contribution >= 0.6 is 0 Å². The highest BCUT2D eigenvalue weighted by Crippen LogP contribution is 2.35. The molecular formula is C23H28FNO3. The Bertz CT molecular complexity index is 780. The molecule has 1 fully saturated rings. The second kappa shape index (κ2) is 9.30. The van der Waals surface area contributed by atoms with Crippen molar-refractivity contribution in [3.63, 3.8) is 0 Å². The number of aliphatic hydroxyl groups is 1. The van der Waals surface area contributed by atoms with Crippen LogP contribution in [0.5, 0.6) is 0 Å². The Kier molecular flexibility index (Phi) is 6.81. The van der Waals surface area contributed by atoms with Gasteiger partial charge in [-0.05, 0) is 29.2 Å². The van der Waals surface area contributed by atoms with Crippen molar-refractivity contribution in [3.8, 4) is 0 Å². The number of likely N-dealkylation sites (tertiary alicyclic amines) is 1. The fourth-order valence-electron chi connectivity index (χ4n) is 4.09. The average molecular weight is 385 g/mol. The fourth-order valence-corrected chi connectivity index (χ4v) is 4.09. The Morgan fingerprint density at radius 3 is 2.57 bits per heavy atom. The van der Waals surface area contributed by atoms with Crippen LogP contribution in [0.15, 0.2) is 54.6 Å². The first kappa shape index (κ1) is 20.5. The maximum Gasteiger partial charge on any atom is 0.323 e. The molecule has 2 unspecified atom stereocenters. The molecule has 0 aromatic heterocycles. The molecule has 3 atom stereocenters. The number of carbonyl (C=O) groups excluding carboxylic acids is 1. The maximum atomic E-state index is 13.7. The number of rotatable bonds is 7. The van der Waals surface area contributed by atoms with Gasteiger partial charge in [0.25, 0.3) is 0 Å². The SMILES string of the molecule is CC(C)C(C(=O)OCc1ccccc1)N1CC(CO)[C@@H](c2cccc(F)c2)C1. The first-order valence-corrected chi connectivity index (χ1v) is 9.80. The normalized spacial score (nSPS) is 21.0. The van der Waals surface area contributed by atoms with E-state index in [4.69, 9.17) is 4.74 Å². The molecule has 0 bridgehead atoms. The Morgan fingerprint density at radius 1 is 1.18 bits per heavy atom. The second-order valence-electron chi connectivity index (χ2n) is 7.84. The van der Waals surface area contributed by atoms with Gasteiger partial charge in [0.1, 0.15) is 18.5 Å². The van der Waals surface area contributed by atoms with Crippen molar-refractivity contribution in [3.05, 3.63) is 71.5 Å². The summed E-state index contributed by atoms with van der Waals surface area (Å²) >= 11 is 0. The van der Waals surface area contributed by atoms with Gasteiger partial charge in [-0.15, -0.1) is 0 Å². The van der Waals surface area contributed by atoms with E-state index in [0.717, 1.165) is 11.1 Å². The molecule has 3 rings (SSSR count). The molecule has 1 N–H and O–H groups in total. The van der Waals surface area contributed by atoms with E-state index >= 15 is 0 Å². The van der Waals surface area contributed by atoms with Crippen molar-refractivity contribution >= 4 is 5.97 Å². The third-order valence-electron chi connectivity index (χ3n) is 5.47. The van der Waals surface area contributed by atoms with Gasteiger partial charge >= 0.3 is 5.97 Å². The lowest BCUT2D eigenvalue weighted by atomic mass is 9.89. The van der Waals surface area contributed by atoms with E-state index in [1.807, 2.05) is 50.2 Å². The number of nitrogens with zero attached hydrogens (tertiary/aromatic N) is 1. The Morgan fingerprint density at radius 2 is 1.93 bits per heavy atom. The number of benzene rings is 2. The molecule has 2 aromatic rings. The highest BCUT2D eigenvalue weighted by Gasteiger charge is 2.40. The summed E-state index contributed by atoms with van der Waals surface area (Å²) < 4.78 is 19.3. The zero-order valence-corrected chi connectivity index (χ0v) is 16.4. The molecule has 1 saturated heterocycles. The van der Waals surface area contributed by atoms with Crippen LogP contribution < -0.4 is 0 Å². The summed E-state index contributed by atoms with van der Waals surface area (Å²) in [6, 6.07) is 15.7. The molecule has 2 aromatic carbocycles.